The Labute approximate surface area is 129 Å². The summed E-state index contributed by atoms with van der Waals surface area (Å²) in [6.07, 6.45) is 0. The van der Waals surface area contributed by atoms with Crippen molar-refractivity contribution >= 4 is 33.5 Å². The number of hydrogen-bond acceptors (Lipinski definition) is 3. The molecule has 2 aromatic carbocycles. The number of halogens is 1. The third kappa shape index (κ3) is 3.68. The molecule has 5 nitrogen and oxygen atoms in total. The van der Waals surface area contributed by atoms with Gasteiger partial charge in [-0.25, -0.2) is 4.79 Å². The third-order valence-corrected chi connectivity index (χ3v) is 3.54. The highest BCUT2D eigenvalue weighted by molar-refractivity contribution is 9.10. The molecule has 108 valence electrons. The van der Waals surface area contributed by atoms with Gasteiger partial charge in [0.1, 0.15) is 0 Å². The molecule has 0 atom stereocenters. The summed E-state index contributed by atoms with van der Waals surface area (Å²) in [5.74, 6) is -1.43. The van der Waals surface area contributed by atoms with Crippen LogP contribution in [0.1, 0.15) is 26.3 Å². The van der Waals surface area contributed by atoms with Crippen molar-refractivity contribution in [2.24, 2.45) is 0 Å². The van der Waals surface area contributed by atoms with E-state index < -0.39 is 5.97 Å². The molecule has 1 amide bonds. The fraction of sp³-hybridized carbons (Fsp3) is 0.0667. The second-order valence-electron chi connectivity index (χ2n) is 4.31. The van der Waals surface area contributed by atoms with Crippen LogP contribution in [0.25, 0.3) is 0 Å². The van der Waals surface area contributed by atoms with Gasteiger partial charge in [-0.15, -0.1) is 0 Å². The summed E-state index contributed by atoms with van der Waals surface area (Å²) in [7, 11) is 0. The highest BCUT2D eigenvalue weighted by atomic mass is 79.9. The van der Waals surface area contributed by atoms with Gasteiger partial charge in [-0.2, -0.15) is 0 Å². The maximum atomic E-state index is 12.0. The molecule has 0 aliphatic rings. The van der Waals surface area contributed by atoms with Gasteiger partial charge in [0.25, 0.3) is 5.91 Å². The number of aliphatic hydroxyl groups is 1. The molecule has 0 unspecified atom stereocenters. The first-order valence-corrected chi connectivity index (χ1v) is 6.84. The van der Waals surface area contributed by atoms with Gasteiger partial charge in [-0.3, -0.25) is 4.79 Å². The summed E-state index contributed by atoms with van der Waals surface area (Å²) in [6.45, 7) is -0.0867. The monoisotopic (exact) mass is 349 g/mol. The van der Waals surface area contributed by atoms with Crippen molar-refractivity contribution in [3.05, 3.63) is 63.6 Å². The van der Waals surface area contributed by atoms with Gasteiger partial charge in [-0.1, -0.05) is 12.1 Å². The number of aromatic carboxylic acids is 1. The molecule has 0 spiro atoms. The van der Waals surface area contributed by atoms with Crippen LogP contribution < -0.4 is 5.32 Å². The molecule has 6 heteroatoms. The number of benzene rings is 2. The molecular formula is C15H12BrNO4. The lowest BCUT2D eigenvalue weighted by Gasteiger charge is -2.07. The molecule has 2 rings (SSSR count). The van der Waals surface area contributed by atoms with E-state index in [1.54, 1.807) is 36.4 Å². The average Bonchev–Trinajstić information content (AvgIpc) is 2.49. The number of carbonyl (C=O) groups excluding carboxylic acids is 1. The van der Waals surface area contributed by atoms with E-state index in [9.17, 15) is 9.59 Å². The molecule has 0 saturated carbocycles. The molecule has 0 aliphatic heterocycles. The van der Waals surface area contributed by atoms with Crippen LogP contribution in [0.4, 0.5) is 5.69 Å². The molecule has 0 fully saturated rings. The Morgan fingerprint density at radius 3 is 2.33 bits per heavy atom. The minimum absolute atomic E-state index is 0.0726. The third-order valence-electron chi connectivity index (χ3n) is 2.85. The van der Waals surface area contributed by atoms with Crippen molar-refractivity contribution in [3.8, 4) is 0 Å². The van der Waals surface area contributed by atoms with Crippen LogP contribution in [-0.2, 0) is 6.61 Å². The zero-order chi connectivity index (χ0) is 15.4. The Hall–Kier alpha value is -2.18. The Morgan fingerprint density at radius 2 is 1.76 bits per heavy atom. The number of rotatable bonds is 4. The largest absolute Gasteiger partial charge is 0.478 e. The first-order valence-electron chi connectivity index (χ1n) is 6.05. The molecule has 2 aromatic rings. The van der Waals surface area contributed by atoms with Crippen molar-refractivity contribution in [1.29, 1.82) is 0 Å². The molecule has 0 heterocycles. The van der Waals surface area contributed by atoms with E-state index in [0.29, 0.717) is 21.3 Å². The maximum Gasteiger partial charge on any atom is 0.336 e. The number of aliphatic hydroxyl groups excluding tert-OH is 1. The van der Waals surface area contributed by atoms with Crippen LogP contribution in [0, 0.1) is 0 Å². The Kier molecular flexibility index (Phi) is 4.72. The van der Waals surface area contributed by atoms with E-state index in [4.69, 9.17) is 10.2 Å². The van der Waals surface area contributed by atoms with Crippen LogP contribution in [0.2, 0.25) is 0 Å². The van der Waals surface area contributed by atoms with Crippen LogP contribution in [0.15, 0.2) is 46.9 Å². The predicted octanol–water partition coefficient (Wildman–Crippen LogP) is 2.89. The Bertz CT molecular complexity index is 683. The summed E-state index contributed by atoms with van der Waals surface area (Å²) in [6, 6.07) is 11.0. The average molecular weight is 350 g/mol. The number of carboxylic acid groups (broad SMARTS) is 1. The lowest BCUT2D eigenvalue weighted by molar-refractivity contribution is 0.0695. The quantitative estimate of drug-likeness (QED) is 0.791. The number of carbonyl (C=O) groups is 2. The first kappa shape index (κ1) is 15.2. The molecule has 21 heavy (non-hydrogen) atoms. The first-order chi connectivity index (χ1) is 10.0. The van der Waals surface area contributed by atoms with Crippen molar-refractivity contribution in [1.82, 2.24) is 0 Å². The van der Waals surface area contributed by atoms with Gasteiger partial charge < -0.3 is 15.5 Å². The summed E-state index contributed by atoms with van der Waals surface area (Å²) in [5, 5.41) is 20.6. The summed E-state index contributed by atoms with van der Waals surface area (Å²) in [4.78, 5) is 23.1. The second kappa shape index (κ2) is 6.51. The summed E-state index contributed by atoms with van der Waals surface area (Å²) in [5.41, 5.74) is 1.60. The molecule has 0 aliphatic carbocycles. The highest BCUT2D eigenvalue weighted by Gasteiger charge is 2.11. The van der Waals surface area contributed by atoms with Crippen molar-refractivity contribution in [3.63, 3.8) is 0 Å². The smallest absolute Gasteiger partial charge is 0.336 e. The SMILES string of the molecule is O=C(Nc1ccc(Br)c(C(=O)O)c1)c1ccc(CO)cc1. The van der Waals surface area contributed by atoms with E-state index in [-0.39, 0.29) is 18.1 Å². The van der Waals surface area contributed by atoms with Gasteiger partial charge in [0.05, 0.1) is 12.2 Å². The van der Waals surface area contributed by atoms with Gasteiger partial charge in [0.2, 0.25) is 0 Å². The highest BCUT2D eigenvalue weighted by Crippen LogP contribution is 2.21. The summed E-state index contributed by atoms with van der Waals surface area (Å²) < 4.78 is 0.445. The lowest BCUT2D eigenvalue weighted by atomic mass is 10.1. The van der Waals surface area contributed by atoms with Gasteiger partial charge in [-0.05, 0) is 51.8 Å². The minimum atomic E-state index is -1.08. The number of hydrogen-bond donors (Lipinski definition) is 3. The Balaban J connectivity index is 2.19. The zero-order valence-electron chi connectivity index (χ0n) is 10.8. The van der Waals surface area contributed by atoms with Crippen LogP contribution >= 0.6 is 15.9 Å². The molecule has 0 radical (unpaired) electrons. The maximum absolute atomic E-state index is 12.0. The van der Waals surface area contributed by atoms with E-state index in [1.165, 1.54) is 6.07 Å². The molecule has 0 saturated heterocycles. The number of amides is 1. The lowest BCUT2D eigenvalue weighted by Crippen LogP contribution is -2.12. The normalized spacial score (nSPS) is 10.2. The number of carboxylic acids is 1. The second-order valence-corrected chi connectivity index (χ2v) is 5.16. The fourth-order valence-electron chi connectivity index (χ4n) is 1.73. The Morgan fingerprint density at radius 1 is 1.10 bits per heavy atom. The molecule has 0 bridgehead atoms. The van der Waals surface area contributed by atoms with E-state index in [2.05, 4.69) is 21.2 Å². The predicted molar refractivity (Wildman–Crippen MR) is 81.4 cm³/mol. The minimum Gasteiger partial charge on any atom is -0.478 e. The van der Waals surface area contributed by atoms with Crippen molar-refractivity contribution in [2.75, 3.05) is 5.32 Å². The number of anilines is 1. The number of nitrogens with one attached hydrogen (secondary N) is 1. The summed E-state index contributed by atoms with van der Waals surface area (Å²) >= 11 is 3.14. The topological polar surface area (TPSA) is 86.6 Å². The van der Waals surface area contributed by atoms with E-state index in [1.807, 2.05) is 0 Å². The van der Waals surface area contributed by atoms with Crippen molar-refractivity contribution in [2.45, 2.75) is 6.61 Å². The zero-order valence-corrected chi connectivity index (χ0v) is 12.4. The van der Waals surface area contributed by atoms with Crippen LogP contribution in [0.5, 0.6) is 0 Å². The molecular weight excluding hydrogens is 338 g/mol. The molecule has 3 N–H and O–H groups in total. The van der Waals surface area contributed by atoms with Gasteiger partial charge in [0, 0.05) is 15.7 Å². The van der Waals surface area contributed by atoms with E-state index in [0.717, 1.165) is 0 Å². The van der Waals surface area contributed by atoms with E-state index >= 15 is 0 Å². The van der Waals surface area contributed by atoms with Crippen LogP contribution in [-0.4, -0.2) is 22.1 Å². The van der Waals surface area contributed by atoms with Crippen LogP contribution in [0.3, 0.4) is 0 Å². The molecule has 0 aromatic heterocycles. The van der Waals surface area contributed by atoms with Gasteiger partial charge >= 0.3 is 5.97 Å². The fourth-order valence-corrected chi connectivity index (χ4v) is 2.15. The standard InChI is InChI=1S/C15H12BrNO4/c16-13-6-5-11(7-12(13)15(20)21)17-14(19)10-3-1-9(8-18)2-4-10/h1-7,18H,8H2,(H,17,19)(H,20,21). The van der Waals surface area contributed by atoms with Gasteiger partial charge in [0.15, 0.2) is 0 Å². The van der Waals surface area contributed by atoms with Crippen molar-refractivity contribution < 1.29 is 19.8 Å².